The van der Waals surface area contributed by atoms with Gasteiger partial charge < -0.3 is 51.1 Å². The molecule has 2 aliphatic rings. The number of carbonyl (C=O) groups is 3. The maximum absolute atomic E-state index is 12.0. The van der Waals surface area contributed by atoms with Gasteiger partial charge in [-0.2, -0.15) is 0 Å². The number of carbonyl (C=O) groups excluding carboxylic acids is 3. The number of rotatable bonds is 13. The van der Waals surface area contributed by atoms with Crippen molar-refractivity contribution in [3.05, 3.63) is 59.9 Å². The lowest BCUT2D eigenvalue weighted by molar-refractivity contribution is -0.134. The number of ether oxygens (including phenoxy) is 4. The minimum Gasteiger partial charge on any atom is -0.490 e. The van der Waals surface area contributed by atoms with Crippen molar-refractivity contribution in [3.8, 4) is 23.3 Å². The fourth-order valence-electron chi connectivity index (χ4n) is 7.01. The van der Waals surface area contributed by atoms with Crippen molar-refractivity contribution in [1.29, 1.82) is 0 Å². The fourth-order valence-corrected chi connectivity index (χ4v) is 7.01. The molecule has 308 valence electrons. The third-order valence-corrected chi connectivity index (χ3v) is 9.67. The van der Waals surface area contributed by atoms with Crippen LogP contribution in [0.25, 0.3) is 21.5 Å². The van der Waals surface area contributed by atoms with Crippen molar-refractivity contribution in [2.45, 2.75) is 104 Å². The lowest BCUT2D eigenvalue weighted by atomic mass is 10.1. The van der Waals surface area contributed by atoms with Crippen LogP contribution in [-0.4, -0.2) is 112 Å². The van der Waals surface area contributed by atoms with Gasteiger partial charge in [-0.1, -0.05) is 0 Å². The molecule has 57 heavy (non-hydrogen) atoms. The average molecular weight is 788 g/mol. The average Bonchev–Trinajstić information content (AvgIpc) is 3.15. The Morgan fingerprint density at radius 2 is 1.14 bits per heavy atom. The quantitative estimate of drug-likeness (QED) is 0.150. The zero-order valence-corrected chi connectivity index (χ0v) is 33.8. The van der Waals surface area contributed by atoms with E-state index in [1.54, 1.807) is 61.5 Å². The standard InChI is InChI=1S/C21H28N4O4.C21H29N3O4/c1-12(2)28-18-11-16-14(10-17(18)19(23)26)4-7-24-20(16)29-15-5-8-25(9-6-15)21(27)13(3)22;1-13(2)27-19-11-17-15(10-18(19)20(22)26)4-7-23-21(17)28-16-5-8-24(9-6-16)12-14(3)25/h4,7,10-13,15H,5-6,8-9,22H2,1-3H3,(H2,23,26);4,7,10-11,13-14,16,25H,5-6,8-9,12H2,1-3H3,(H2,22,26)/t13-;/m1./s1. The van der Waals surface area contributed by atoms with Crippen LogP contribution in [0.4, 0.5) is 0 Å². The highest BCUT2D eigenvalue weighted by molar-refractivity contribution is 6.02. The number of aliphatic hydroxyl groups excluding tert-OH is 1. The second-order valence-corrected chi connectivity index (χ2v) is 15.3. The lowest BCUT2D eigenvalue weighted by Gasteiger charge is -2.33. The van der Waals surface area contributed by atoms with Gasteiger partial charge in [-0.15, -0.1) is 0 Å². The van der Waals surface area contributed by atoms with Gasteiger partial charge in [0.2, 0.25) is 17.7 Å². The van der Waals surface area contributed by atoms with Crippen molar-refractivity contribution in [2.24, 2.45) is 17.2 Å². The normalized spacial score (nSPS) is 16.6. The number of primary amides is 2. The zero-order valence-electron chi connectivity index (χ0n) is 33.8. The molecule has 4 aromatic rings. The van der Waals surface area contributed by atoms with Crippen LogP contribution in [0.15, 0.2) is 48.8 Å². The number of aliphatic hydroxyl groups is 1. The Kier molecular flexibility index (Phi) is 14.5. The van der Waals surface area contributed by atoms with Crippen molar-refractivity contribution in [3.63, 3.8) is 0 Å². The van der Waals surface area contributed by atoms with Gasteiger partial charge in [0.25, 0.3) is 11.8 Å². The second kappa shape index (κ2) is 19.3. The molecular formula is C42H57N7O8. The predicted molar refractivity (Wildman–Crippen MR) is 218 cm³/mol. The highest BCUT2D eigenvalue weighted by Gasteiger charge is 2.27. The van der Waals surface area contributed by atoms with Crippen LogP contribution in [0.5, 0.6) is 23.3 Å². The number of pyridine rings is 2. The van der Waals surface area contributed by atoms with Crippen LogP contribution in [0, 0.1) is 0 Å². The van der Waals surface area contributed by atoms with Crippen LogP contribution in [-0.2, 0) is 4.79 Å². The van der Waals surface area contributed by atoms with E-state index in [-0.39, 0.29) is 36.4 Å². The smallest absolute Gasteiger partial charge is 0.252 e. The molecule has 2 fully saturated rings. The molecule has 2 aliphatic heterocycles. The highest BCUT2D eigenvalue weighted by atomic mass is 16.5. The first-order chi connectivity index (χ1) is 27.1. The number of amides is 3. The van der Waals surface area contributed by atoms with E-state index in [1.165, 1.54) is 0 Å². The Bertz CT molecular complexity index is 2020. The molecule has 0 saturated carbocycles. The first kappa shape index (κ1) is 42.9. The largest absolute Gasteiger partial charge is 0.490 e. The molecule has 7 N–H and O–H groups in total. The summed E-state index contributed by atoms with van der Waals surface area (Å²) in [6, 6.07) is 10.1. The van der Waals surface area contributed by atoms with Gasteiger partial charge in [0.15, 0.2) is 0 Å². The fraction of sp³-hybridized carbons (Fsp3) is 0.500. The number of aromatic nitrogens is 2. The molecule has 1 unspecified atom stereocenters. The lowest BCUT2D eigenvalue weighted by Crippen LogP contribution is -2.47. The summed E-state index contributed by atoms with van der Waals surface area (Å²) in [4.78, 5) is 48.5. The highest BCUT2D eigenvalue weighted by Crippen LogP contribution is 2.34. The van der Waals surface area contributed by atoms with Crippen molar-refractivity contribution in [2.75, 3.05) is 32.7 Å². The van der Waals surface area contributed by atoms with E-state index in [4.69, 9.17) is 36.1 Å². The monoisotopic (exact) mass is 787 g/mol. The van der Waals surface area contributed by atoms with Crippen molar-refractivity contribution in [1.82, 2.24) is 19.8 Å². The Labute approximate surface area is 333 Å². The third-order valence-electron chi connectivity index (χ3n) is 9.67. The van der Waals surface area contributed by atoms with Crippen LogP contribution in [0.3, 0.4) is 0 Å². The molecule has 2 aromatic carbocycles. The number of nitrogens with zero attached hydrogens (tertiary/aromatic N) is 4. The molecule has 6 rings (SSSR count). The summed E-state index contributed by atoms with van der Waals surface area (Å²) in [7, 11) is 0. The predicted octanol–water partition coefficient (Wildman–Crippen LogP) is 4.18. The number of hydrogen-bond acceptors (Lipinski definition) is 12. The molecule has 15 heteroatoms. The topological polar surface area (TPSA) is 219 Å². The molecule has 0 radical (unpaired) electrons. The van der Waals surface area contributed by atoms with Gasteiger partial charge in [0.05, 0.1) is 35.5 Å². The molecule has 0 spiro atoms. The molecule has 3 amide bonds. The first-order valence-corrected chi connectivity index (χ1v) is 19.7. The molecular weight excluding hydrogens is 731 g/mol. The summed E-state index contributed by atoms with van der Waals surface area (Å²) in [5.74, 6) is 0.756. The van der Waals surface area contributed by atoms with Crippen LogP contribution in [0.2, 0.25) is 0 Å². The minimum atomic E-state index is -0.548. The molecule has 2 aromatic heterocycles. The van der Waals surface area contributed by atoms with Gasteiger partial charge in [-0.25, -0.2) is 9.97 Å². The molecule has 4 heterocycles. The SMILES string of the molecule is CC(C)Oc1cc2c(OC3CCN(C(=O)[C@@H](C)N)CC3)nccc2cc1C(N)=O.CC(O)CN1CCC(Oc2nccc3cc(C(N)=O)c(OC(C)C)cc23)CC1. The Balaban J connectivity index is 0.000000218. The van der Waals surface area contributed by atoms with E-state index in [0.717, 1.165) is 47.5 Å². The minimum absolute atomic E-state index is 0.0406. The molecule has 15 nitrogen and oxygen atoms in total. The Morgan fingerprint density at radius 1 is 0.719 bits per heavy atom. The van der Waals surface area contributed by atoms with Crippen molar-refractivity contribution >= 4 is 39.3 Å². The van der Waals surface area contributed by atoms with Gasteiger partial charge in [-0.05, 0) is 102 Å². The second-order valence-electron chi connectivity index (χ2n) is 15.3. The number of benzene rings is 2. The zero-order chi connectivity index (χ0) is 41.4. The third kappa shape index (κ3) is 11.4. The number of β-amino-alcohol motifs (C(OH)–C–C–N with tert-alkyl or cyclic N) is 1. The number of fused-ring (bicyclic) bond motifs is 2. The summed E-state index contributed by atoms with van der Waals surface area (Å²) in [6.45, 7) is 14.7. The number of likely N-dealkylation sites (tertiary alicyclic amines) is 2. The van der Waals surface area contributed by atoms with Gasteiger partial charge in [-0.3, -0.25) is 14.4 Å². The molecule has 2 saturated heterocycles. The van der Waals surface area contributed by atoms with Gasteiger partial charge >= 0.3 is 0 Å². The maximum atomic E-state index is 12.0. The van der Waals surface area contributed by atoms with E-state index >= 15 is 0 Å². The van der Waals surface area contributed by atoms with Gasteiger partial charge in [0.1, 0.15) is 23.7 Å². The molecule has 0 aliphatic carbocycles. The molecule has 0 bridgehead atoms. The van der Waals surface area contributed by atoms with Crippen molar-refractivity contribution < 1.29 is 38.4 Å². The Hall–Kier alpha value is -5.25. The summed E-state index contributed by atoms with van der Waals surface area (Å²) in [5.41, 5.74) is 17.4. The van der Waals surface area contributed by atoms with Crippen LogP contribution >= 0.6 is 0 Å². The van der Waals surface area contributed by atoms with E-state index in [1.807, 2.05) is 33.8 Å². The van der Waals surface area contributed by atoms with Gasteiger partial charge in [0, 0.05) is 68.7 Å². The van der Waals surface area contributed by atoms with E-state index < -0.39 is 17.9 Å². The van der Waals surface area contributed by atoms with E-state index in [2.05, 4.69) is 14.9 Å². The van der Waals surface area contributed by atoms with Crippen LogP contribution < -0.4 is 36.1 Å². The number of hydrogen-bond donors (Lipinski definition) is 4. The summed E-state index contributed by atoms with van der Waals surface area (Å²) in [5, 5.41) is 12.7. The molecule has 2 atom stereocenters. The summed E-state index contributed by atoms with van der Waals surface area (Å²) >= 11 is 0. The van der Waals surface area contributed by atoms with Crippen LogP contribution in [0.1, 0.15) is 87.9 Å². The maximum Gasteiger partial charge on any atom is 0.252 e. The van der Waals surface area contributed by atoms with E-state index in [0.29, 0.717) is 66.9 Å². The Morgan fingerprint density at radius 3 is 1.51 bits per heavy atom. The first-order valence-electron chi connectivity index (χ1n) is 19.7. The summed E-state index contributed by atoms with van der Waals surface area (Å²) in [6.07, 6.45) is 5.94. The number of piperidine rings is 2. The summed E-state index contributed by atoms with van der Waals surface area (Å²) < 4.78 is 24.0. The number of nitrogens with two attached hydrogens (primary N) is 3. The van der Waals surface area contributed by atoms with E-state index in [9.17, 15) is 19.5 Å².